The Bertz CT molecular complexity index is 114. The molecule has 0 spiro atoms. The summed E-state index contributed by atoms with van der Waals surface area (Å²) in [7, 11) is 0. The van der Waals surface area contributed by atoms with E-state index < -0.39 is 0 Å². The van der Waals surface area contributed by atoms with Gasteiger partial charge in [-0.2, -0.15) is 0 Å². The van der Waals surface area contributed by atoms with Gasteiger partial charge in [-0.25, -0.2) is 0 Å². The molecule has 0 aromatic heterocycles. The molecule has 0 radical (unpaired) electrons. The molecule has 1 saturated heterocycles. The Labute approximate surface area is 54.6 Å². The lowest BCUT2D eigenvalue weighted by Crippen LogP contribution is -2.14. The quantitative estimate of drug-likeness (QED) is 0.525. The molecule has 0 bridgehead atoms. The zero-order valence-corrected chi connectivity index (χ0v) is 5.39. The smallest absolute Gasteiger partial charge is 0.220 e. The summed E-state index contributed by atoms with van der Waals surface area (Å²) in [6.07, 6.45) is 1.65. The van der Waals surface area contributed by atoms with Gasteiger partial charge in [0.2, 0.25) is 5.91 Å². The Morgan fingerprint density at radius 3 is 3.00 bits per heavy atom. The van der Waals surface area contributed by atoms with Crippen LogP contribution in [0.15, 0.2) is 0 Å². The Kier molecular flexibility index (Phi) is 2.05. The Balaban J connectivity index is 2.22. The van der Waals surface area contributed by atoms with E-state index in [1.807, 2.05) is 0 Å². The van der Waals surface area contributed by atoms with Crippen LogP contribution in [0.25, 0.3) is 0 Å². The van der Waals surface area contributed by atoms with Crippen molar-refractivity contribution in [1.82, 2.24) is 5.32 Å². The summed E-state index contributed by atoms with van der Waals surface area (Å²) in [6.45, 7) is 1.52. The third kappa shape index (κ3) is 1.68. The van der Waals surface area contributed by atoms with Gasteiger partial charge >= 0.3 is 0 Å². The molecule has 52 valence electrons. The first kappa shape index (κ1) is 6.55. The summed E-state index contributed by atoms with van der Waals surface area (Å²) in [5, 5.41) is 2.76. The van der Waals surface area contributed by atoms with E-state index in [4.69, 9.17) is 5.73 Å². The van der Waals surface area contributed by atoms with E-state index >= 15 is 0 Å². The summed E-state index contributed by atoms with van der Waals surface area (Å²) in [6, 6.07) is 0. The van der Waals surface area contributed by atoms with Crippen LogP contribution >= 0.6 is 0 Å². The molecular weight excluding hydrogens is 116 g/mol. The second-order valence-electron chi connectivity index (χ2n) is 2.45. The van der Waals surface area contributed by atoms with E-state index in [2.05, 4.69) is 5.32 Å². The molecule has 1 aliphatic heterocycles. The van der Waals surface area contributed by atoms with Gasteiger partial charge in [-0.15, -0.1) is 0 Å². The van der Waals surface area contributed by atoms with Crippen molar-refractivity contribution in [2.75, 3.05) is 13.1 Å². The zero-order chi connectivity index (χ0) is 6.69. The third-order valence-corrected chi connectivity index (χ3v) is 1.64. The van der Waals surface area contributed by atoms with Crippen molar-refractivity contribution in [2.24, 2.45) is 11.7 Å². The Morgan fingerprint density at radius 2 is 2.56 bits per heavy atom. The largest absolute Gasteiger partial charge is 0.356 e. The van der Waals surface area contributed by atoms with Crippen molar-refractivity contribution in [3.63, 3.8) is 0 Å². The average molecular weight is 128 g/mol. The first-order chi connectivity index (χ1) is 4.33. The predicted molar refractivity (Wildman–Crippen MR) is 34.8 cm³/mol. The van der Waals surface area contributed by atoms with Crippen LogP contribution in [0.2, 0.25) is 0 Å². The van der Waals surface area contributed by atoms with Crippen LogP contribution in [-0.2, 0) is 4.79 Å². The number of carbonyl (C=O) groups is 1. The number of nitrogens with two attached hydrogens (primary N) is 1. The molecule has 9 heavy (non-hydrogen) atoms. The molecule has 1 amide bonds. The number of hydrogen-bond acceptors (Lipinski definition) is 2. The summed E-state index contributed by atoms with van der Waals surface area (Å²) < 4.78 is 0. The van der Waals surface area contributed by atoms with Crippen LogP contribution in [0.3, 0.4) is 0 Å². The van der Waals surface area contributed by atoms with E-state index in [0.29, 0.717) is 18.9 Å². The highest BCUT2D eigenvalue weighted by Crippen LogP contribution is 2.11. The van der Waals surface area contributed by atoms with Crippen LogP contribution < -0.4 is 11.1 Å². The van der Waals surface area contributed by atoms with Crippen molar-refractivity contribution in [1.29, 1.82) is 0 Å². The third-order valence-electron chi connectivity index (χ3n) is 1.64. The highest BCUT2D eigenvalue weighted by atomic mass is 16.1. The molecule has 0 saturated carbocycles. The van der Waals surface area contributed by atoms with Gasteiger partial charge in [0.15, 0.2) is 0 Å². The lowest BCUT2D eigenvalue weighted by atomic mass is 10.1. The fourth-order valence-electron chi connectivity index (χ4n) is 1.10. The molecule has 3 heteroatoms. The molecule has 1 fully saturated rings. The lowest BCUT2D eigenvalue weighted by molar-refractivity contribution is -0.119. The number of hydrogen-bond donors (Lipinski definition) is 2. The van der Waals surface area contributed by atoms with Gasteiger partial charge in [0.25, 0.3) is 0 Å². The van der Waals surface area contributed by atoms with Gasteiger partial charge in [0, 0.05) is 13.0 Å². The average Bonchev–Trinajstić information content (AvgIpc) is 2.17. The highest BCUT2D eigenvalue weighted by molar-refractivity contribution is 5.78. The monoisotopic (exact) mass is 128 g/mol. The van der Waals surface area contributed by atoms with Crippen LogP contribution in [0.1, 0.15) is 12.8 Å². The molecule has 1 rings (SSSR count). The van der Waals surface area contributed by atoms with E-state index in [9.17, 15) is 4.79 Å². The maximum Gasteiger partial charge on any atom is 0.220 e. The van der Waals surface area contributed by atoms with Gasteiger partial charge < -0.3 is 11.1 Å². The summed E-state index contributed by atoms with van der Waals surface area (Å²) >= 11 is 0. The standard InChI is InChI=1S/C6H12N2O/c7-2-1-5-3-6(9)8-4-5/h5H,1-4,7H2,(H,8,9)/t5-/m1/s1. The van der Waals surface area contributed by atoms with Crippen molar-refractivity contribution >= 4 is 5.91 Å². The molecule has 0 aromatic rings. The number of carbonyl (C=O) groups excluding carboxylic acids is 1. The van der Waals surface area contributed by atoms with Gasteiger partial charge in [-0.05, 0) is 18.9 Å². The van der Waals surface area contributed by atoms with Crippen LogP contribution in [0, 0.1) is 5.92 Å². The SMILES string of the molecule is NCC[C@H]1CNC(=O)C1. The summed E-state index contributed by atoms with van der Waals surface area (Å²) in [5.74, 6) is 0.677. The van der Waals surface area contributed by atoms with E-state index in [1.165, 1.54) is 0 Å². The van der Waals surface area contributed by atoms with Crippen LogP contribution in [0.5, 0.6) is 0 Å². The molecular formula is C6H12N2O. The second-order valence-corrected chi connectivity index (χ2v) is 2.45. The number of nitrogens with one attached hydrogen (secondary N) is 1. The molecule has 3 N–H and O–H groups in total. The predicted octanol–water partition coefficient (Wildman–Crippen LogP) is -0.529. The van der Waals surface area contributed by atoms with Gasteiger partial charge in [0.1, 0.15) is 0 Å². The maximum atomic E-state index is 10.6. The molecule has 0 unspecified atom stereocenters. The molecule has 1 heterocycles. The molecule has 1 aliphatic rings. The fraction of sp³-hybridized carbons (Fsp3) is 0.833. The second kappa shape index (κ2) is 2.82. The normalized spacial score (nSPS) is 26.3. The minimum Gasteiger partial charge on any atom is -0.356 e. The number of amides is 1. The van der Waals surface area contributed by atoms with E-state index in [-0.39, 0.29) is 5.91 Å². The highest BCUT2D eigenvalue weighted by Gasteiger charge is 2.19. The van der Waals surface area contributed by atoms with Gasteiger partial charge in [-0.1, -0.05) is 0 Å². The molecule has 0 aliphatic carbocycles. The zero-order valence-electron chi connectivity index (χ0n) is 5.39. The number of rotatable bonds is 2. The molecule has 0 aromatic carbocycles. The van der Waals surface area contributed by atoms with Crippen LogP contribution in [-0.4, -0.2) is 19.0 Å². The van der Waals surface area contributed by atoms with Gasteiger partial charge in [-0.3, -0.25) is 4.79 Å². The van der Waals surface area contributed by atoms with E-state index in [0.717, 1.165) is 13.0 Å². The minimum atomic E-state index is 0.174. The van der Waals surface area contributed by atoms with Crippen molar-refractivity contribution in [3.8, 4) is 0 Å². The Hall–Kier alpha value is -0.570. The van der Waals surface area contributed by atoms with Crippen LogP contribution in [0.4, 0.5) is 0 Å². The first-order valence-corrected chi connectivity index (χ1v) is 3.29. The minimum absolute atomic E-state index is 0.174. The fourth-order valence-corrected chi connectivity index (χ4v) is 1.10. The van der Waals surface area contributed by atoms with Gasteiger partial charge in [0.05, 0.1) is 0 Å². The Morgan fingerprint density at radius 1 is 1.78 bits per heavy atom. The summed E-state index contributed by atoms with van der Waals surface area (Å²) in [5.41, 5.74) is 5.31. The lowest BCUT2D eigenvalue weighted by Gasteiger charge is -2.01. The first-order valence-electron chi connectivity index (χ1n) is 3.29. The van der Waals surface area contributed by atoms with Crippen molar-refractivity contribution in [3.05, 3.63) is 0 Å². The van der Waals surface area contributed by atoms with Crippen molar-refractivity contribution < 1.29 is 4.79 Å². The molecule has 1 atom stereocenters. The topological polar surface area (TPSA) is 55.1 Å². The van der Waals surface area contributed by atoms with Crippen molar-refractivity contribution in [2.45, 2.75) is 12.8 Å². The summed E-state index contributed by atoms with van der Waals surface area (Å²) in [4.78, 5) is 10.6. The molecule has 3 nitrogen and oxygen atoms in total. The van der Waals surface area contributed by atoms with E-state index in [1.54, 1.807) is 0 Å². The maximum absolute atomic E-state index is 10.6.